The molecule has 0 bridgehead atoms. The molecule has 0 atom stereocenters. The highest BCUT2D eigenvalue weighted by molar-refractivity contribution is 5.83. The number of hydrogen-bond acceptors (Lipinski definition) is 2. The topological polar surface area (TPSA) is 51.5 Å². The predicted octanol–water partition coefficient (Wildman–Crippen LogP) is 2.62. The number of carboxylic acid groups (broad SMARTS) is 1. The van der Waals surface area contributed by atoms with Gasteiger partial charge in [-0.3, -0.25) is 4.79 Å². The van der Waals surface area contributed by atoms with Gasteiger partial charge < -0.3 is 14.4 Å². The lowest BCUT2D eigenvalue weighted by Gasteiger charge is -2.09. The number of halogens is 3. The Balaban J connectivity index is 2.33. The average Bonchev–Trinajstić information content (AvgIpc) is 2.57. The van der Waals surface area contributed by atoms with E-state index in [4.69, 9.17) is 5.11 Å². The van der Waals surface area contributed by atoms with Crippen LogP contribution in [-0.2, 0) is 11.3 Å². The van der Waals surface area contributed by atoms with Crippen molar-refractivity contribution in [2.45, 2.75) is 12.9 Å². The molecule has 0 spiro atoms. The zero-order valence-electron chi connectivity index (χ0n) is 8.94. The van der Waals surface area contributed by atoms with Crippen LogP contribution in [0, 0.1) is 0 Å². The number of benzene rings is 1. The minimum Gasteiger partial charge on any atom is -0.480 e. The molecule has 1 aromatic carbocycles. The summed E-state index contributed by atoms with van der Waals surface area (Å²) in [5.74, 6) is -1.36. The number of alkyl halides is 3. The summed E-state index contributed by atoms with van der Waals surface area (Å²) in [6.45, 7) is -0.247. The third-order valence-electron chi connectivity index (χ3n) is 2.28. The van der Waals surface area contributed by atoms with Gasteiger partial charge in [-0.2, -0.15) is 0 Å². The quantitative estimate of drug-likeness (QED) is 0.921. The van der Waals surface area contributed by atoms with Crippen LogP contribution in [0.2, 0.25) is 0 Å². The van der Waals surface area contributed by atoms with Crippen LogP contribution in [0.3, 0.4) is 0 Å². The second kappa shape index (κ2) is 4.25. The molecule has 0 aliphatic rings. The second-order valence-corrected chi connectivity index (χ2v) is 3.61. The van der Waals surface area contributed by atoms with Crippen molar-refractivity contribution in [3.63, 3.8) is 0 Å². The number of carbonyl (C=O) groups is 1. The first kappa shape index (κ1) is 12.3. The molecule has 4 nitrogen and oxygen atoms in total. The number of fused-ring (bicyclic) bond motifs is 1. The number of ether oxygens (including phenoxy) is 1. The van der Waals surface area contributed by atoms with E-state index in [2.05, 4.69) is 4.74 Å². The molecule has 18 heavy (non-hydrogen) atoms. The third-order valence-corrected chi connectivity index (χ3v) is 2.28. The molecule has 0 fully saturated rings. The maximum absolute atomic E-state index is 12.0. The monoisotopic (exact) mass is 259 g/mol. The van der Waals surface area contributed by atoms with Crippen molar-refractivity contribution in [3.8, 4) is 5.75 Å². The summed E-state index contributed by atoms with van der Waals surface area (Å²) in [5.41, 5.74) is 0.534. The molecule has 0 amide bonds. The summed E-state index contributed by atoms with van der Waals surface area (Å²) in [4.78, 5) is 10.6. The normalized spacial score (nSPS) is 11.7. The van der Waals surface area contributed by atoms with Crippen LogP contribution in [0.1, 0.15) is 0 Å². The highest BCUT2D eigenvalue weighted by atomic mass is 19.4. The molecular weight excluding hydrogens is 251 g/mol. The van der Waals surface area contributed by atoms with Crippen molar-refractivity contribution in [2.75, 3.05) is 0 Å². The summed E-state index contributed by atoms with van der Waals surface area (Å²) in [5, 5.41) is 9.14. The van der Waals surface area contributed by atoms with Crippen LogP contribution in [0.4, 0.5) is 13.2 Å². The first-order valence-corrected chi connectivity index (χ1v) is 4.91. The molecule has 0 aliphatic carbocycles. The first-order chi connectivity index (χ1) is 8.35. The maximum atomic E-state index is 12.0. The Labute approximate surface area is 99.2 Å². The molecule has 7 heteroatoms. The van der Waals surface area contributed by atoms with Gasteiger partial charge in [0.1, 0.15) is 12.3 Å². The van der Waals surface area contributed by atoms with Crippen molar-refractivity contribution in [1.82, 2.24) is 4.57 Å². The smallest absolute Gasteiger partial charge is 0.480 e. The van der Waals surface area contributed by atoms with E-state index in [1.165, 1.54) is 29.0 Å². The van der Waals surface area contributed by atoms with Crippen molar-refractivity contribution >= 4 is 16.9 Å². The van der Waals surface area contributed by atoms with Crippen LogP contribution in [-0.4, -0.2) is 22.0 Å². The van der Waals surface area contributed by atoms with E-state index >= 15 is 0 Å². The van der Waals surface area contributed by atoms with E-state index in [0.717, 1.165) is 6.07 Å². The summed E-state index contributed by atoms with van der Waals surface area (Å²) in [7, 11) is 0. The fourth-order valence-corrected chi connectivity index (χ4v) is 1.66. The Morgan fingerprint density at radius 1 is 1.33 bits per heavy atom. The summed E-state index contributed by atoms with van der Waals surface area (Å²) < 4.78 is 41.2. The molecule has 2 rings (SSSR count). The lowest BCUT2D eigenvalue weighted by molar-refractivity contribution is -0.274. The molecule has 1 aromatic heterocycles. The molecule has 0 saturated carbocycles. The van der Waals surface area contributed by atoms with Crippen LogP contribution < -0.4 is 4.74 Å². The SMILES string of the molecule is O=C(O)Cn1ccc2cc(OC(F)(F)F)ccc21. The van der Waals surface area contributed by atoms with E-state index in [-0.39, 0.29) is 12.3 Å². The van der Waals surface area contributed by atoms with E-state index in [0.29, 0.717) is 10.9 Å². The lowest BCUT2D eigenvalue weighted by atomic mass is 10.2. The molecular formula is C11H8F3NO3. The average molecular weight is 259 g/mol. The van der Waals surface area contributed by atoms with Crippen LogP contribution in [0.25, 0.3) is 10.9 Å². The predicted molar refractivity (Wildman–Crippen MR) is 56.3 cm³/mol. The van der Waals surface area contributed by atoms with Gasteiger partial charge in [-0.05, 0) is 24.3 Å². The van der Waals surface area contributed by atoms with E-state index in [1.54, 1.807) is 0 Å². The van der Waals surface area contributed by atoms with Gasteiger partial charge in [-0.1, -0.05) is 0 Å². The lowest BCUT2D eigenvalue weighted by Crippen LogP contribution is -2.17. The summed E-state index contributed by atoms with van der Waals surface area (Å²) in [6.07, 6.45) is -3.24. The van der Waals surface area contributed by atoms with Gasteiger partial charge in [-0.15, -0.1) is 13.2 Å². The zero-order chi connectivity index (χ0) is 13.3. The third kappa shape index (κ3) is 2.73. The van der Waals surface area contributed by atoms with Gasteiger partial charge >= 0.3 is 12.3 Å². The number of hydrogen-bond donors (Lipinski definition) is 1. The molecule has 0 radical (unpaired) electrons. The largest absolute Gasteiger partial charge is 0.573 e. The highest BCUT2D eigenvalue weighted by Gasteiger charge is 2.31. The van der Waals surface area contributed by atoms with Crippen molar-refractivity contribution < 1.29 is 27.8 Å². The number of rotatable bonds is 3. The van der Waals surface area contributed by atoms with Crippen LogP contribution in [0.5, 0.6) is 5.75 Å². The molecule has 0 aliphatic heterocycles. The van der Waals surface area contributed by atoms with Crippen molar-refractivity contribution in [3.05, 3.63) is 30.5 Å². The van der Waals surface area contributed by atoms with Gasteiger partial charge in [0.2, 0.25) is 0 Å². The minimum atomic E-state index is -4.74. The molecule has 1 heterocycles. The zero-order valence-corrected chi connectivity index (χ0v) is 8.94. The van der Waals surface area contributed by atoms with Gasteiger partial charge in [-0.25, -0.2) is 0 Å². The summed E-state index contributed by atoms with van der Waals surface area (Å²) in [6, 6.07) is 5.27. The van der Waals surface area contributed by atoms with Crippen LogP contribution in [0.15, 0.2) is 30.5 Å². The molecule has 0 saturated heterocycles. The Morgan fingerprint density at radius 3 is 2.67 bits per heavy atom. The van der Waals surface area contributed by atoms with Gasteiger partial charge in [0.25, 0.3) is 0 Å². The fraction of sp³-hybridized carbons (Fsp3) is 0.182. The Hall–Kier alpha value is -2.18. The van der Waals surface area contributed by atoms with Gasteiger partial charge in [0, 0.05) is 17.1 Å². The van der Waals surface area contributed by atoms with E-state index < -0.39 is 12.3 Å². The number of aliphatic carboxylic acids is 1. The Morgan fingerprint density at radius 2 is 2.06 bits per heavy atom. The van der Waals surface area contributed by atoms with E-state index in [9.17, 15) is 18.0 Å². The number of aromatic nitrogens is 1. The number of nitrogens with zero attached hydrogens (tertiary/aromatic N) is 1. The maximum Gasteiger partial charge on any atom is 0.573 e. The highest BCUT2D eigenvalue weighted by Crippen LogP contribution is 2.27. The van der Waals surface area contributed by atoms with Crippen molar-refractivity contribution in [1.29, 1.82) is 0 Å². The minimum absolute atomic E-state index is 0.247. The Kier molecular flexibility index (Phi) is 2.90. The van der Waals surface area contributed by atoms with Gasteiger partial charge in [0.05, 0.1) is 0 Å². The van der Waals surface area contributed by atoms with Crippen molar-refractivity contribution in [2.24, 2.45) is 0 Å². The second-order valence-electron chi connectivity index (χ2n) is 3.61. The number of carboxylic acids is 1. The molecule has 2 aromatic rings. The molecule has 0 unspecified atom stereocenters. The van der Waals surface area contributed by atoms with Gasteiger partial charge in [0.15, 0.2) is 0 Å². The van der Waals surface area contributed by atoms with E-state index in [1.807, 2.05) is 0 Å². The molecule has 96 valence electrons. The standard InChI is InChI=1S/C11H8F3NO3/c12-11(13,14)18-8-1-2-9-7(5-8)3-4-15(9)6-10(16)17/h1-5H,6H2,(H,16,17). The first-order valence-electron chi connectivity index (χ1n) is 4.91. The fourth-order valence-electron chi connectivity index (χ4n) is 1.66. The molecule has 1 N–H and O–H groups in total. The Bertz CT molecular complexity index is 589. The summed E-state index contributed by atoms with van der Waals surface area (Å²) >= 11 is 0. The van der Waals surface area contributed by atoms with Crippen LogP contribution >= 0.6 is 0 Å².